The maximum Gasteiger partial charge on any atom is 0.331 e. The molecular formula is C34H48O13. The van der Waals surface area contributed by atoms with E-state index in [-0.39, 0.29) is 31.8 Å². The fourth-order valence-corrected chi connectivity index (χ4v) is 4.52. The lowest BCUT2D eigenvalue weighted by Gasteiger charge is -2.39. The van der Waals surface area contributed by atoms with Gasteiger partial charge in [0.2, 0.25) is 6.29 Å². The van der Waals surface area contributed by atoms with Crippen LogP contribution in [-0.2, 0) is 33.3 Å². The van der Waals surface area contributed by atoms with Crippen molar-refractivity contribution in [2.24, 2.45) is 0 Å². The maximum absolute atomic E-state index is 12.6. The number of hydrogen-bond acceptors (Lipinski definition) is 13. The van der Waals surface area contributed by atoms with E-state index in [1.165, 1.54) is 12.2 Å². The summed E-state index contributed by atoms with van der Waals surface area (Å²) in [6.45, 7) is 1.12. The molecule has 0 spiro atoms. The quantitative estimate of drug-likeness (QED) is 0.175. The van der Waals surface area contributed by atoms with Gasteiger partial charge in [-0.25, -0.2) is 4.79 Å². The zero-order valence-corrected chi connectivity index (χ0v) is 26.5. The normalized spacial score (nSPS) is 36.0. The molecule has 13 heteroatoms. The predicted molar refractivity (Wildman–Crippen MR) is 169 cm³/mol. The number of rotatable bonds is 6. The fourth-order valence-electron chi connectivity index (χ4n) is 4.52. The molecule has 1 saturated heterocycles. The molecule has 0 unspecified atom stereocenters. The number of aliphatic hydroxyl groups excluding tert-OH is 6. The molecule has 2 heterocycles. The van der Waals surface area contributed by atoms with Gasteiger partial charge in [0.15, 0.2) is 0 Å². The van der Waals surface area contributed by atoms with Crippen LogP contribution in [0.4, 0.5) is 0 Å². The Kier molecular flexibility index (Phi) is 18.8. The van der Waals surface area contributed by atoms with E-state index < -0.39 is 80.0 Å². The Balaban J connectivity index is 2.00. The smallest absolute Gasteiger partial charge is 0.331 e. The van der Waals surface area contributed by atoms with Crippen LogP contribution < -0.4 is 0 Å². The van der Waals surface area contributed by atoms with Crippen LogP contribution in [0.25, 0.3) is 0 Å². The van der Waals surface area contributed by atoms with Crippen LogP contribution in [0.1, 0.15) is 58.3 Å². The van der Waals surface area contributed by atoms with Gasteiger partial charge in [-0.15, -0.1) is 0 Å². The predicted octanol–water partition coefficient (Wildman–Crippen LogP) is 1.37. The van der Waals surface area contributed by atoms with E-state index in [0.29, 0.717) is 6.42 Å². The van der Waals surface area contributed by atoms with Gasteiger partial charge in [-0.05, 0) is 38.7 Å². The molecule has 13 nitrogen and oxygen atoms in total. The van der Waals surface area contributed by atoms with Crippen molar-refractivity contribution in [2.75, 3.05) is 6.61 Å². The van der Waals surface area contributed by atoms with Crippen molar-refractivity contribution in [3.8, 4) is 0 Å². The molecular weight excluding hydrogens is 616 g/mol. The van der Waals surface area contributed by atoms with E-state index in [4.69, 9.17) is 18.9 Å². The summed E-state index contributed by atoms with van der Waals surface area (Å²) in [7, 11) is 0. The third-order valence-corrected chi connectivity index (χ3v) is 7.13. The summed E-state index contributed by atoms with van der Waals surface area (Å²) < 4.78 is 21.0. The van der Waals surface area contributed by atoms with Gasteiger partial charge in [0.25, 0.3) is 0 Å². The average molecular weight is 665 g/mol. The summed E-state index contributed by atoms with van der Waals surface area (Å²) in [6, 6.07) is 0. The summed E-state index contributed by atoms with van der Waals surface area (Å²) in [5.41, 5.74) is 0. The van der Waals surface area contributed by atoms with E-state index >= 15 is 0 Å². The summed E-state index contributed by atoms with van der Waals surface area (Å²) in [4.78, 5) is 37.0. The number of carbonyl (C=O) groups is 3. The molecule has 0 aromatic rings. The Morgan fingerprint density at radius 3 is 2.23 bits per heavy atom. The molecule has 1 fully saturated rings. The second kappa shape index (κ2) is 22.2. The van der Waals surface area contributed by atoms with E-state index in [0.717, 1.165) is 12.8 Å². The van der Waals surface area contributed by atoms with Crippen molar-refractivity contribution >= 4 is 17.9 Å². The average Bonchev–Trinajstić information content (AvgIpc) is 3.02. The molecule has 47 heavy (non-hydrogen) atoms. The summed E-state index contributed by atoms with van der Waals surface area (Å²) in [6.07, 6.45) is 11.2. The number of hydrogen-bond donors (Lipinski definition) is 6. The lowest BCUT2D eigenvalue weighted by Crippen LogP contribution is -2.59. The second-order valence-corrected chi connectivity index (χ2v) is 11.2. The number of cyclic esters (lactones) is 1. The molecule has 6 N–H and O–H groups in total. The minimum absolute atomic E-state index is 0.151. The van der Waals surface area contributed by atoms with Crippen molar-refractivity contribution < 1.29 is 64.0 Å². The SMILES string of the molecule is C[C@H]1CCC/C=C/C=C/[C@H](O)C[C@@H](O)C/C=C\C=C\[C@@H](OC(=O)CCC(=O)O[C@@H]2O[C@H](CO)[C@@H](O)[C@H](O)[C@H]2O)C/C=C/C=C\C(=O)O1. The lowest BCUT2D eigenvalue weighted by molar-refractivity contribution is -0.292. The Hall–Kier alpha value is -3.43. The molecule has 9 atom stereocenters. The zero-order chi connectivity index (χ0) is 34.6. The van der Waals surface area contributed by atoms with Crippen LogP contribution in [0.5, 0.6) is 0 Å². The molecule has 0 aromatic carbocycles. The van der Waals surface area contributed by atoms with Crippen LogP contribution in [-0.4, -0.2) is 110 Å². The van der Waals surface area contributed by atoms with Gasteiger partial charge in [0.1, 0.15) is 30.5 Å². The van der Waals surface area contributed by atoms with Crippen LogP contribution in [0.15, 0.2) is 72.9 Å². The van der Waals surface area contributed by atoms with Crippen molar-refractivity contribution in [3.63, 3.8) is 0 Å². The third-order valence-electron chi connectivity index (χ3n) is 7.13. The van der Waals surface area contributed by atoms with Gasteiger partial charge in [-0.1, -0.05) is 60.8 Å². The maximum atomic E-state index is 12.6. The van der Waals surface area contributed by atoms with Gasteiger partial charge >= 0.3 is 17.9 Å². The van der Waals surface area contributed by atoms with E-state index in [2.05, 4.69) is 0 Å². The fraction of sp³-hybridized carbons (Fsp3) is 0.559. The number of esters is 3. The molecule has 2 rings (SSSR count). The Morgan fingerprint density at radius 1 is 0.830 bits per heavy atom. The minimum atomic E-state index is -1.77. The Morgan fingerprint density at radius 2 is 1.49 bits per heavy atom. The highest BCUT2D eigenvalue weighted by Crippen LogP contribution is 2.22. The number of carbonyl (C=O) groups excluding carboxylic acids is 3. The summed E-state index contributed by atoms with van der Waals surface area (Å²) in [5.74, 6) is -2.17. The highest BCUT2D eigenvalue weighted by Gasteiger charge is 2.45. The molecule has 0 aromatic heterocycles. The summed E-state index contributed by atoms with van der Waals surface area (Å²) in [5, 5.41) is 59.4. The number of ether oxygens (including phenoxy) is 4. The van der Waals surface area contributed by atoms with E-state index in [1.807, 2.05) is 19.1 Å². The first-order valence-electron chi connectivity index (χ1n) is 15.8. The largest absolute Gasteiger partial charge is 0.460 e. The van der Waals surface area contributed by atoms with Gasteiger partial charge in [0, 0.05) is 18.9 Å². The first kappa shape index (κ1) is 39.7. The highest BCUT2D eigenvalue weighted by atomic mass is 16.7. The van der Waals surface area contributed by atoms with Crippen LogP contribution in [0.2, 0.25) is 0 Å². The number of allylic oxidation sites excluding steroid dienone is 7. The Labute approximate surface area is 274 Å². The monoisotopic (exact) mass is 664 g/mol. The molecule has 0 radical (unpaired) electrons. The van der Waals surface area contributed by atoms with Crippen molar-refractivity contribution in [1.82, 2.24) is 0 Å². The third kappa shape index (κ3) is 16.3. The van der Waals surface area contributed by atoms with Crippen molar-refractivity contribution in [3.05, 3.63) is 72.9 Å². The highest BCUT2D eigenvalue weighted by molar-refractivity contribution is 5.82. The first-order valence-corrected chi connectivity index (χ1v) is 15.8. The molecule has 0 bridgehead atoms. The molecule has 262 valence electrons. The van der Waals surface area contributed by atoms with Gasteiger partial charge in [-0.3, -0.25) is 9.59 Å². The van der Waals surface area contributed by atoms with Crippen molar-refractivity contribution in [1.29, 1.82) is 0 Å². The Bertz CT molecular complexity index is 1140. The minimum Gasteiger partial charge on any atom is -0.460 e. The van der Waals surface area contributed by atoms with E-state index in [1.54, 1.807) is 48.6 Å². The first-order chi connectivity index (χ1) is 22.5. The standard InChI is InChI=1S/C34H48O13/c1-23-13-7-3-2-4-8-14-24(36)21-25(37)15-9-5-10-16-26(17-11-6-12-18-28(38)44-23)45-29(39)19-20-30(40)47-34-33(43)32(42)31(41)27(22-35)46-34/h2,4-6,8-12,14,16,18,23-27,31-37,41-43H,3,7,13,15,17,19-22H2,1H3/b4-2+,9-5-,11-6+,14-8+,16-10+,18-12-/t23-,24-,25-,26+,27+,31+,32-,33+,34-/m0/s1. The number of aliphatic hydroxyl groups is 6. The summed E-state index contributed by atoms with van der Waals surface area (Å²) >= 11 is 0. The van der Waals surface area contributed by atoms with Crippen LogP contribution in [0, 0.1) is 0 Å². The van der Waals surface area contributed by atoms with Gasteiger partial charge in [-0.2, -0.15) is 0 Å². The van der Waals surface area contributed by atoms with Gasteiger partial charge in [0.05, 0.1) is 37.8 Å². The second-order valence-electron chi connectivity index (χ2n) is 11.2. The van der Waals surface area contributed by atoms with Crippen LogP contribution in [0.3, 0.4) is 0 Å². The molecule has 0 aliphatic carbocycles. The molecule has 0 saturated carbocycles. The van der Waals surface area contributed by atoms with E-state index in [9.17, 15) is 45.0 Å². The molecule has 2 aliphatic heterocycles. The molecule has 0 amide bonds. The zero-order valence-electron chi connectivity index (χ0n) is 26.5. The lowest BCUT2D eigenvalue weighted by atomic mass is 9.99. The van der Waals surface area contributed by atoms with Crippen LogP contribution >= 0.6 is 0 Å². The topological polar surface area (TPSA) is 210 Å². The molecule has 2 aliphatic rings. The van der Waals surface area contributed by atoms with Gasteiger partial charge < -0.3 is 49.6 Å². The van der Waals surface area contributed by atoms with Crippen molar-refractivity contribution in [2.45, 2.75) is 113 Å².